The molecule has 2 aromatic carbocycles. The topological polar surface area (TPSA) is 68.5 Å². The van der Waals surface area contributed by atoms with E-state index in [0.717, 1.165) is 5.39 Å². The van der Waals surface area contributed by atoms with Crippen molar-refractivity contribution in [1.82, 2.24) is 0 Å². The number of rotatable bonds is 4. The molecule has 0 radical (unpaired) electrons. The number of anilines is 1. The molecule has 0 aliphatic rings. The van der Waals surface area contributed by atoms with Crippen molar-refractivity contribution in [2.24, 2.45) is 0 Å². The van der Waals surface area contributed by atoms with E-state index in [0.29, 0.717) is 22.6 Å². The predicted molar refractivity (Wildman–Crippen MR) is 87.2 cm³/mol. The maximum Gasteiger partial charge on any atom is 0.291 e. The lowest BCUT2D eigenvalue weighted by molar-refractivity contribution is 0.0993. The molecule has 0 fully saturated rings. The van der Waals surface area contributed by atoms with Gasteiger partial charge >= 0.3 is 0 Å². The Hall–Kier alpha value is -3.08. The quantitative estimate of drug-likeness (QED) is 0.742. The highest BCUT2D eigenvalue weighted by molar-refractivity contribution is 6.05. The summed E-state index contributed by atoms with van der Waals surface area (Å²) >= 11 is 0. The van der Waals surface area contributed by atoms with E-state index in [-0.39, 0.29) is 17.5 Å². The van der Waals surface area contributed by atoms with Crippen LogP contribution in [0.4, 0.5) is 5.69 Å². The zero-order valence-electron chi connectivity index (χ0n) is 12.8. The lowest BCUT2D eigenvalue weighted by Crippen LogP contribution is -2.11. The van der Waals surface area contributed by atoms with Crippen LogP contribution < -0.4 is 10.1 Å². The van der Waals surface area contributed by atoms with Gasteiger partial charge in [0.25, 0.3) is 5.91 Å². The molecule has 0 saturated carbocycles. The summed E-state index contributed by atoms with van der Waals surface area (Å²) in [7, 11) is 1.55. The van der Waals surface area contributed by atoms with Gasteiger partial charge in [0.2, 0.25) is 0 Å². The fraction of sp³-hybridized carbons (Fsp3) is 0.111. The molecule has 0 unspecified atom stereocenters. The fourth-order valence-corrected chi connectivity index (χ4v) is 2.32. The number of furan rings is 1. The summed E-state index contributed by atoms with van der Waals surface area (Å²) in [5.41, 5.74) is 1.60. The Morgan fingerprint density at radius 2 is 1.87 bits per heavy atom. The van der Waals surface area contributed by atoms with Gasteiger partial charge < -0.3 is 14.5 Å². The summed E-state index contributed by atoms with van der Waals surface area (Å²) < 4.78 is 10.8. The highest BCUT2D eigenvalue weighted by atomic mass is 16.5. The first-order valence-electron chi connectivity index (χ1n) is 7.07. The summed E-state index contributed by atoms with van der Waals surface area (Å²) in [6, 6.07) is 13.9. The molecule has 3 aromatic rings. The summed E-state index contributed by atoms with van der Waals surface area (Å²) in [4.78, 5) is 23.7. The maximum absolute atomic E-state index is 12.3. The molecule has 1 aromatic heterocycles. The first-order chi connectivity index (χ1) is 11.1. The van der Waals surface area contributed by atoms with Gasteiger partial charge in [0.05, 0.1) is 7.11 Å². The number of carbonyl (C=O) groups is 2. The van der Waals surface area contributed by atoms with Crippen molar-refractivity contribution in [3.05, 3.63) is 59.9 Å². The average molecular weight is 309 g/mol. The third-order valence-corrected chi connectivity index (χ3v) is 3.48. The van der Waals surface area contributed by atoms with Crippen LogP contribution in [0.2, 0.25) is 0 Å². The Balaban J connectivity index is 1.89. The second-order valence-corrected chi connectivity index (χ2v) is 5.08. The molecule has 5 nitrogen and oxygen atoms in total. The minimum Gasteiger partial charge on any atom is -0.493 e. The second-order valence-electron chi connectivity index (χ2n) is 5.08. The number of methoxy groups -OCH3 is 1. The molecule has 23 heavy (non-hydrogen) atoms. The van der Waals surface area contributed by atoms with Crippen LogP contribution in [0.3, 0.4) is 0 Å². The van der Waals surface area contributed by atoms with E-state index in [9.17, 15) is 9.59 Å². The molecule has 0 aliphatic carbocycles. The van der Waals surface area contributed by atoms with Gasteiger partial charge in [-0.15, -0.1) is 0 Å². The van der Waals surface area contributed by atoms with Gasteiger partial charge in [-0.2, -0.15) is 0 Å². The minimum absolute atomic E-state index is 0.0606. The van der Waals surface area contributed by atoms with Crippen LogP contribution in [0.1, 0.15) is 27.8 Å². The number of Topliss-reactive ketones (excluding diaryl/α,β-unsaturated/α-hetero) is 1. The number of fused-ring (bicyclic) bond motifs is 1. The molecule has 0 spiro atoms. The number of benzene rings is 2. The van der Waals surface area contributed by atoms with Gasteiger partial charge in [-0.25, -0.2) is 0 Å². The zero-order valence-corrected chi connectivity index (χ0v) is 12.8. The van der Waals surface area contributed by atoms with Crippen LogP contribution in [-0.2, 0) is 0 Å². The van der Waals surface area contributed by atoms with Crippen molar-refractivity contribution in [3.8, 4) is 5.75 Å². The molecule has 1 heterocycles. The molecule has 0 atom stereocenters. The zero-order chi connectivity index (χ0) is 16.4. The monoisotopic (exact) mass is 309 g/mol. The molecule has 3 rings (SSSR count). The minimum atomic E-state index is -0.385. The fourth-order valence-electron chi connectivity index (χ4n) is 2.32. The van der Waals surface area contributed by atoms with Crippen molar-refractivity contribution in [2.45, 2.75) is 6.92 Å². The number of ketones is 1. The van der Waals surface area contributed by atoms with Gasteiger partial charge in [-0.05, 0) is 31.2 Å². The Kier molecular flexibility index (Phi) is 3.85. The molecule has 1 amide bonds. The maximum atomic E-state index is 12.3. The summed E-state index contributed by atoms with van der Waals surface area (Å²) in [6.07, 6.45) is 0. The smallest absolute Gasteiger partial charge is 0.291 e. The Bertz CT molecular complexity index is 895. The summed E-state index contributed by atoms with van der Waals surface area (Å²) in [5.74, 6) is 0.302. The summed E-state index contributed by atoms with van der Waals surface area (Å²) in [6.45, 7) is 1.48. The Morgan fingerprint density at radius 1 is 1.09 bits per heavy atom. The van der Waals surface area contributed by atoms with Gasteiger partial charge in [0.15, 0.2) is 22.9 Å². The lowest BCUT2D eigenvalue weighted by atomic mass is 10.1. The molecular formula is C18H15NO4. The van der Waals surface area contributed by atoms with E-state index in [1.807, 2.05) is 12.1 Å². The highest BCUT2D eigenvalue weighted by Gasteiger charge is 2.15. The SMILES string of the molecule is COc1cccc2cc(C(=O)Nc3cccc(C(C)=O)c3)oc12. The van der Waals surface area contributed by atoms with Gasteiger partial charge in [-0.3, -0.25) is 9.59 Å². The largest absolute Gasteiger partial charge is 0.493 e. The Labute approximate surface area is 132 Å². The van der Waals surface area contributed by atoms with Crippen LogP contribution in [0.5, 0.6) is 5.75 Å². The van der Waals surface area contributed by atoms with Crippen molar-refractivity contribution >= 4 is 28.3 Å². The number of ether oxygens (including phenoxy) is 1. The van der Waals surface area contributed by atoms with E-state index in [4.69, 9.17) is 9.15 Å². The number of para-hydroxylation sites is 1. The number of hydrogen-bond donors (Lipinski definition) is 1. The third-order valence-electron chi connectivity index (χ3n) is 3.48. The van der Waals surface area contributed by atoms with Crippen LogP contribution in [0, 0.1) is 0 Å². The number of hydrogen-bond acceptors (Lipinski definition) is 4. The number of nitrogens with one attached hydrogen (secondary N) is 1. The second kappa shape index (κ2) is 5.96. The van der Waals surface area contributed by atoms with E-state index < -0.39 is 0 Å². The molecule has 5 heteroatoms. The molecule has 0 aliphatic heterocycles. The van der Waals surface area contributed by atoms with E-state index in [1.165, 1.54) is 6.92 Å². The normalized spacial score (nSPS) is 10.5. The van der Waals surface area contributed by atoms with Crippen molar-refractivity contribution in [2.75, 3.05) is 12.4 Å². The van der Waals surface area contributed by atoms with E-state index in [2.05, 4.69) is 5.32 Å². The molecular weight excluding hydrogens is 294 g/mol. The standard InChI is InChI=1S/C18H15NO4/c1-11(20)12-5-3-7-14(9-12)19-18(21)16-10-13-6-4-8-15(22-2)17(13)23-16/h3-10H,1-2H3,(H,19,21). The van der Waals surface area contributed by atoms with Crippen LogP contribution in [-0.4, -0.2) is 18.8 Å². The molecule has 1 N–H and O–H groups in total. The van der Waals surface area contributed by atoms with Gasteiger partial charge in [-0.1, -0.05) is 24.3 Å². The average Bonchev–Trinajstić information content (AvgIpc) is 2.99. The third kappa shape index (κ3) is 2.94. The van der Waals surface area contributed by atoms with Crippen molar-refractivity contribution in [1.29, 1.82) is 0 Å². The predicted octanol–water partition coefficient (Wildman–Crippen LogP) is 3.90. The van der Waals surface area contributed by atoms with Crippen LogP contribution >= 0.6 is 0 Å². The van der Waals surface area contributed by atoms with E-state index in [1.54, 1.807) is 43.5 Å². The summed E-state index contributed by atoms with van der Waals surface area (Å²) in [5, 5.41) is 3.51. The highest BCUT2D eigenvalue weighted by Crippen LogP contribution is 2.28. The van der Waals surface area contributed by atoms with Crippen LogP contribution in [0.15, 0.2) is 52.9 Å². The first kappa shape index (κ1) is 14.8. The van der Waals surface area contributed by atoms with E-state index >= 15 is 0 Å². The van der Waals surface area contributed by atoms with Crippen molar-refractivity contribution in [3.63, 3.8) is 0 Å². The van der Waals surface area contributed by atoms with Crippen molar-refractivity contribution < 1.29 is 18.7 Å². The molecule has 116 valence electrons. The Morgan fingerprint density at radius 3 is 2.61 bits per heavy atom. The van der Waals surface area contributed by atoms with Gasteiger partial charge in [0.1, 0.15) is 0 Å². The van der Waals surface area contributed by atoms with Crippen LogP contribution in [0.25, 0.3) is 11.0 Å². The number of amides is 1. The molecule has 0 saturated heterocycles. The first-order valence-corrected chi connectivity index (χ1v) is 7.07. The number of carbonyl (C=O) groups excluding carboxylic acids is 2. The lowest BCUT2D eigenvalue weighted by Gasteiger charge is -2.04. The van der Waals surface area contributed by atoms with Gasteiger partial charge in [0, 0.05) is 16.6 Å². The molecule has 0 bridgehead atoms.